The van der Waals surface area contributed by atoms with E-state index in [1.54, 1.807) is 24.4 Å². The lowest BCUT2D eigenvalue weighted by atomic mass is 10.1. The van der Waals surface area contributed by atoms with Crippen molar-refractivity contribution in [2.75, 3.05) is 0 Å². The minimum absolute atomic E-state index is 0.116. The van der Waals surface area contributed by atoms with E-state index in [1.165, 1.54) is 4.68 Å². The van der Waals surface area contributed by atoms with E-state index in [9.17, 15) is 4.79 Å². The fourth-order valence-electron chi connectivity index (χ4n) is 1.50. The van der Waals surface area contributed by atoms with Gasteiger partial charge in [0, 0.05) is 6.07 Å². The van der Waals surface area contributed by atoms with Crippen LogP contribution in [0.5, 0.6) is 0 Å². The van der Waals surface area contributed by atoms with Crippen molar-refractivity contribution in [3.63, 3.8) is 0 Å². The Morgan fingerprint density at radius 3 is 2.65 bits per heavy atom. The Hall–Kier alpha value is -2.41. The van der Waals surface area contributed by atoms with Gasteiger partial charge in [-0.15, -0.1) is 0 Å². The molecular weight excluding hydrogens is 214 g/mol. The number of hydrogen-bond acceptors (Lipinski definition) is 3. The van der Waals surface area contributed by atoms with E-state index in [0.29, 0.717) is 12.1 Å². The summed E-state index contributed by atoms with van der Waals surface area (Å²) in [6.07, 6.45) is 1.66. The van der Waals surface area contributed by atoms with Gasteiger partial charge in [0.25, 0.3) is 5.56 Å². The van der Waals surface area contributed by atoms with Gasteiger partial charge in [0.2, 0.25) is 0 Å². The highest BCUT2D eigenvalue weighted by Crippen LogP contribution is 2.04. The van der Waals surface area contributed by atoms with Gasteiger partial charge in [-0.1, -0.05) is 12.1 Å². The van der Waals surface area contributed by atoms with Crippen molar-refractivity contribution >= 4 is 0 Å². The number of hydrogen-bond donors (Lipinski definition) is 0. The summed E-state index contributed by atoms with van der Waals surface area (Å²) >= 11 is 0. The third-order valence-electron chi connectivity index (χ3n) is 2.42. The van der Waals surface area contributed by atoms with E-state index in [0.717, 1.165) is 11.1 Å². The smallest absolute Gasteiger partial charge is 0.267 e. The highest BCUT2D eigenvalue weighted by atomic mass is 16.1. The fraction of sp³-hybridized carbons (Fsp3) is 0.154. The molecule has 0 aliphatic carbocycles. The number of aryl methyl sites for hydroxylation is 1. The molecule has 0 N–H and O–H groups in total. The van der Waals surface area contributed by atoms with Gasteiger partial charge in [-0.3, -0.25) is 4.79 Å². The van der Waals surface area contributed by atoms with Gasteiger partial charge >= 0.3 is 0 Å². The molecule has 0 bridgehead atoms. The summed E-state index contributed by atoms with van der Waals surface area (Å²) in [7, 11) is 0. The zero-order valence-corrected chi connectivity index (χ0v) is 9.42. The maximum atomic E-state index is 11.6. The molecule has 0 saturated heterocycles. The van der Waals surface area contributed by atoms with Crippen molar-refractivity contribution < 1.29 is 0 Å². The van der Waals surface area contributed by atoms with Gasteiger partial charge < -0.3 is 0 Å². The van der Waals surface area contributed by atoms with Crippen molar-refractivity contribution in [2.45, 2.75) is 13.5 Å². The van der Waals surface area contributed by atoms with E-state index in [4.69, 9.17) is 5.26 Å². The van der Waals surface area contributed by atoms with Crippen LogP contribution in [0.1, 0.15) is 16.7 Å². The first kappa shape index (κ1) is 11.1. The molecule has 0 radical (unpaired) electrons. The molecule has 0 fully saturated rings. The van der Waals surface area contributed by atoms with Gasteiger partial charge in [-0.05, 0) is 30.2 Å². The molecular formula is C13H11N3O. The van der Waals surface area contributed by atoms with Crippen LogP contribution in [0.15, 0.2) is 41.3 Å². The number of benzene rings is 1. The van der Waals surface area contributed by atoms with Gasteiger partial charge in [0.15, 0.2) is 0 Å². The maximum absolute atomic E-state index is 11.6. The Labute approximate surface area is 98.8 Å². The Kier molecular flexibility index (Phi) is 3.01. The van der Waals surface area contributed by atoms with Crippen LogP contribution in [0, 0.1) is 18.3 Å². The zero-order valence-electron chi connectivity index (χ0n) is 9.42. The summed E-state index contributed by atoms with van der Waals surface area (Å²) in [5.74, 6) is 0. The van der Waals surface area contributed by atoms with E-state index < -0.39 is 0 Å². The second-order valence-electron chi connectivity index (χ2n) is 3.84. The third-order valence-corrected chi connectivity index (χ3v) is 2.42. The van der Waals surface area contributed by atoms with Crippen LogP contribution in [-0.2, 0) is 6.54 Å². The molecule has 2 rings (SSSR count). The largest absolute Gasteiger partial charge is 0.268 e. The Bertz CT molecular complexity index is 620. The van der Waals surface area contributed by atoms with Crippen molar-refractivity contribution in [3.05, 3.63) is 63.6 Å². The number of nitrogens with zero attached hydrogens (tertiary/aromatic N) is 3. The van der Waals surface area contributed by atoms with Crippen LogP contribution in [0.25, 0.3) is 0 Å². The first-order valence-electron chi connectivity index (χ1n) is 5.22. The van der Waals surface area contributed by atoms with Gasteiger partial charge in [0.05, 0.1) is 24.4 Å². The summed E-state index contributed by atoms with van der Waals surface area (Å²) in [5.41, 5.74) is 2.29. The van der Waals surface area contributed by atoms with Crippen LogP contribution >= 0.6 is 0 Å². The quantitative estimate of drug-likeness (QED) is 0.777. The highest BCUT2D eigenvalue weighted by Gasteiger charge is 1.99. The molecule has 0 amide bonds. The Morgan fingerprint density at radius 1 is 1.35 bits per heavy atom. The molecule has 0 spiro atoms. The lowest BCUT2D eigenvalue weighted by Crippen LogP contribution is -2.22. The summed E-state index contributed by atoms with van der Waals surface area (Å²) < 4.78 is 1.40. The molecule has 0 atom stereocenters. The van der Waals surface area contributed by atoms with Crippen molar-refractivity contribution in [3.8, 4) is 6.07 Å². The monoisotopic (exact) mass is 225 g/mol. The van der Waals surface area contributed by atoms with E-state index in [-0.39, 0.29) is 5.56 Å². The molecule has 0 aliphatic rings. The normalized spacial score (nSPS) is 9.88. The molecule has 4 nitrogen and oxygen atoms in total. The lowest BCUT2D eigenvalue weighted by molar-refractivity contribution is 0.636. The molecule has 2 aromatic rings. The number of aromatic nitrogens is 2. The molecule has 4 heteroatoms. The molecule has 0 aliphatic heterocycles. The first-order chi connectivity index (χ1) is 8.19. The SMILES string of the molecule is Cc1cnn(Cc2ccc(C#N)cc2)c(=O)c1. The van der Waals surface area contributed by atoms with Crippen LogP contribution in [-0.4, -0.2) is 9.78 Å². The number of nitriles is 1. The summed E-state index contributed by atoms with van der Waals surface area (Å²) in [4.78, 5) is 11.6. The summed E-state index contributed by atoms with van der Waals surface area (Å²) in [6, 6.07) is 10.7. The average molecular weight is 225 g/mol. The van der Waals surface area contributed by atoms with E-state index >= 15 is 0 Å². The van der Waals surface area contributed by atoms with Gasteiger partial charge in [-0.2, -0.15) is 10.4 Å². The first-order valence-corrected chi connectivity index (χ1v) is 5.22. The topological polar surface area (TPSA) is 58.7 Å². The summed E-state index contributed by atoms with van der Waals surface area (Å²) in [6.45, 7) is 2.26. The molecule has 0 saturated carbocycles. The zero-order chi connectivity index (χ0) is 12.3. The van der Waals surface area contributed by atoms with Crippen molar-refractivity contribution in [2.24, 2.45) is 0 Å². The standard InChI is InChI=1S/C13H11N3O/c1-10-6-13(17)16(15-8-10)9-12-4-2-11(7-14)3-5-12/h2-6,8H,9H2,1H3. The van der Waals surface area contributed by atoms with Crippen molar-refractivity contribution in [1.29, 1.82) is 5.26 Å². The second-order valence-corrected chi connectivity index (χ2v) is 3.84. The molecule has 1 heterocycles. The molecule has 84 valence electrons. The number of rotatable bonds is 2. The average Bonchev–Trinajstić information content (AvgIpc) is 2.34. The minimum Gasteiger partial charge on any atom is -0.268 e. The van der Waals surface area contributed by atoms with Gasteiger partial charge in [-0.25, -0.2) is 4.68 Å². The molecule has 0 unspecified atom stereocenters. The van der Waals surface area contributed by atoms with Crippen LogP contribution in [0.2, 0.25) is 0 Å². The Balaban J connectivity index is 2.26. The predicted octanol–water partition coefficient (Wildman–Crippen LogP) is 1.47. The van der Waals surface area contributed by atoms with E-state index in [1.807, 2.05) is 19.1 Å². The van der Waals surface area contributed by atoms with Crippen LogP contribution in [0.3, 0.4) is 0 Å². The molecule has 1 aromatic heterocycles. The second kappa shape index (κ2) is 4.62. The predicted molar refractivity (Wildman–Crippen MR) is 63.5 cm³/mol. The highest BCUT2D eigenvalue weighted by molar-refractivity contribution is 5.31. The van der Waals surface area contributed by atoms with Crippen LogP contribution < -0.4 is 5.56 Å². The molecule has 1 aromatic carbocycles. The minimum atomic E-state index is -0.116. The lowest BCUT2D eigenvalue weighted by Gasteiger charge is -2.04. The summed E-state index contributed by atoms with van der Waals surface area (Å²) in [5, 5.41) is 12.7. The van der Waals surface area contributed by atoms with Gasteiger partial charge in [0.1, 0.15) is 0 Å². The third kappa shape index (κ3) is 2.58. The van der Waals surface area contributed by atoms with E-state index in [2.05, 4.69) is 11.2 Å². The van der Waals surface area contributed by atoms with Crippen molar-refractivity contribution in [1.82, 2.24) is 9.78 Å². The van der Waals surface area contributed by atoms with Crippen LogP contribution in [0.4, 0.5) is 0 Å². The Morgan fingerprint density at radius 2 is 2.06 bits per heavy atom. The molecule has 17 heavy (non-hydrogen) atoms. The fourth-order valence-corrected chi connectivity index (χ4v) is 1.50. The maximum Gasteiger partial charge on any atom is 0.267 e.